The summed E-state index contributed by atoms with van der Waals surface area (Å²) in [7, 11) is 1.74. The number of nitrogens with one attached hydrogen (secondary N) is 4. The predicted molar refractivity (Wildman–Crippen MR) is 113 cm³/mol. The lowest BCUT2D eigenvalue weighted by Gasteiger charge is -2.20. The first-order valence-corrected chi connectivity index (χ1v) is 9.12. The smallest absolute Gasteiger partial charge is 0.407 e. The van der Waals surface area contributed by atoms with Crippen molar-refractivity contribution in [2.24, 2.45) is 0 Å². The van der Waals surface area contributed by atoms with E-state index in [-0.39, 0.29) is 0 Å². The quantitative estimate of drug-likeness (QED) is 0.529. The molecule has 29 heavy (non-hydrogen) atoms. The molecular formula is C20H27N7O2. The largest absolute Gasteiger partial charge is 0.444 e. The van der Waals surface area contributed by atoms with Crippen LogP contribution in [0.5, 0.6) is 0 Å². The molecule has 0 aliphatic heterocycles. The van der Waals surface area contributed by atoms with E-state index in [1.165, 1.54) is 6.33 Å². The molecule has 1 amide bonds. The first kappa shape index (κ1) is 21.8. The number of carbonyl (C=O) groups excluding carboxylic acids is 1. The van der Waals surface area contributed by atoms with E-state index in [0.29, 0.717) is 24.0 Å². The van der Waals surface area contributed by atoms with E-state index in [1.54, 1.807) is 13.2 Å². The molecule has 9 nitrogen and oxygen atoms in total. The molecule has 9 heteroatoms. The van der Waals surface area contributed by atoms with E-state index in [1.807, 2.05) is 45.9 Å². The number of amides is 1. The van der Waals surface area contributed by atoms with Crippen LogP contribution in [-0.4, -0.2) is 39.9 Å². The van der Waals surface area contributed by atoms with E-state index in [9.17, 15) is 4.79 Å². The van der Waals surface area contributed by atoms with Gasteiger partial charge in [0, 0.05) is 31.6 Å². The summed E-state index contributed by atoms with van der Waals surface area (Å²) in [5, 5.41) is 15.9. The van der Waals surface area contributed by atoms with Crippen LogP contribution in [0, 0.1) is 12.3 Å². The van der Waals surface area contributed by atoms with Crippen LogP contribution in [0.2, 0.25) is 0 Å². The topological polar surface area (TPSA) is 125 Å². The van der Waals surface area contributed by atoms with Gasteiger partial charge in [-0.2, -0.15) is 4.98 Å². The van der Waals surface area contributed by atoms with E-state index in [2.05, 4.69) is 30.9 Å². The summed E-state index contributed by atoms with van der Waals surface area (Å²) in [5.74, 6) is 0.847. The van der Waals surface area contributed by atoms with Crippen LogP contribution in [0.15, 0.2) is 36.4 Å². The number of alkyl carbamates (subject to hydrolysis) is 1. The van der Waals surface area contributed by atoms with Gasteiger partial charge in [0.25, 0.3) is 0 Å². The monoisotopic (exact) mass is 397 g/mol. The van der Waals surface area contributed by atoms with E-state index >= 15 is 0 Å². The number of benzene rings is 1. The maximum Gasteiger partial charge on any atom is 0.407 e. The van der Waals surface area contributed by atoms with Crippen molar-refractivity contribution in [1.82, 2.24) is 25.6 Å². The molecule has 0 atom stereocenters. The molecule has 4 N–H and O–H groups in total. The van der Waals surface area contributed by atoms with E-state index in [4.69, 9.17) is 10.1 Å². The SMILES string of the molecule is CN/C=C(\C=N)Nc1ncnc(-c2ccc(CNC(=O)OC(C)(C)C)c(C)c2)n1. The van der Waals surface area contributed by atoms with Crippen LogP contribution >= 0.6 is 0 Å². The first-order chi connectivity index (χ1) is 13.7. The Balaban J connectivity index is 2.12. The van der Waals surface area contributed by atoms with Gasteiger partial charge >= 0.3 is 6.09 Å². The van der Waals surface area contributed by atoms with Crippen LogP contribution in [0.1, 0.15) is 31.9 Å². The minimum Gasteiger partial charge on any atom is -0.444 e. The third kappa shape index (κ3) is 6.87. The molecule has 1 aromatic carbocycles. The summed E-state index contributed by atoms with van der Waals surface area (Å²) in [4.78, 5) is 24.6. The Morgan fingerprint density at radius 2 is 2.03 bits per heavy atom. The molecule has 0 saturated heterocycles. The maximum atomic E-state index is 11.8. The molecule has 1 heterocycles. The van der Waals surface area contributed by atoms with Crippen molar-refractivity contribution in [3.8, 4) is 11.4 Å². The van der Waals surface area contributed by atoms with E-state index in [0.717, 1.165) is 22.9 Å². The lowest BCUT2D eigenvalue weighted by Crippen LogP contribution is -2.32. The molecule has 1 aromatic heterocycles. The van der Waals surface area contributed by atoms with Gasteiger partial charge in [-0.05, 0) is 44.9 Å². The zero-order valence-corrected chi connectivity index (χ0v) is 17.3. The molecule has 0 radical (unpaired) electrons. The zero-order chi connectivity index (χ0) is 21.4. The Morgan fingerprint density at radius 1 is 1.28 bits per heavy atom. The highest BCUT2D eigenvalue weighted by molar-refractivity contribution is 5.79. The number of allylic oxidation sites excluding steroid dienone is 1. The van der Waals surface area contributed by atoms with Crippen LogP contribution in [-0.2, 0) is 11.3 Å². The van der Waals surface area contributed by atoms with Crippen molar-refractivity contribution in [2.75, 3.05) is 12.4 Å². The predicted octanol–water partition coefficient (Wildman–Crippen LogP) is 2.99. The van der Waals surface area contributed by atoms with Crippen LogP contribution in [0.25, 0.3) is 11.4 Å². The van der Waals surface area contributed by atoms with Gasteiger partial charge in [0.2, 0.25) is 5.95 Å². The Morgan fingerprint density at radius 3 is 2.66 bits per heavy atom. The third-order valence-corrected chi connectivity index (χ3v) is 3.71. The Bertz CT molecular complexity index is 904. The second-order valence-electron chi connectivity index (χ2n) is 7.29. The average Bonchev–Trinajstić information content (AvgIpc) is 2.65. The fourth-order valence-electron chi connectivity index (χ4n) is 2.41. The molecule has 0 unspecified atom stereocenters. The van der Waals surface area contributed by atoms with Gasteiger partial charge < -0.3 is 26.1 Å². The highest BCUT2D eigenvalue weighted by Gasteiger charge is 2.16. The fraction of sp³-hybridized carbons (Fsp3) is 0.350. The Kier molecular flexibility index (Phi) is 7.24. The first-order valence-electron chi connectivity index (χ1n) is 9.12. The van der Waals surface area contributed by atoms with Crippen molar-refractivity contribution >= 4 is 18.3 Å². The van der Waals surface area contributed by atoms with E-state index < -0.39 is 11.7 Å². The highest BCUT2D eigenvalue weighted by atomic mass is 16.6. The number of nitrogens with zero attached hydrogens (tertiary/aromatic N) is 3. The van der Waals surface area contributed by atoms with Crippen molar-refractivity contribution < 1.29 is 9.53 Å². The van der Waals surface area contributed by atoms with Gasteiger partial charge in [-0.1, -0.05) is 12.1 Å². The summed E-state index contributed by atoms with van der Waals surface area (Å²) in [6, 6.07) is 5.76. The molecule has 0 fully saturated rings. The summed E-state index contributed by atoms with van der Waals surface area (Å²) in [5.41, 5.74) is 2.76. The van der Waals surface area contributed by atoms with Crippen molar-refractivity contribution in [3.05, 3.63) is 47.6 Å². The molecule has 0 bridgehead atoms. The number of rotatable bonds is 7. The lowest BCUT2D eigenvalue weighted by molar-refractivity contribution is 0.0523. The number of aryl methyl sites for hydroxylation is 1. The number of carbonyl (C=O) groups is 1. The molecule has 0 aliphatic carbocycles. The van der Waals surface area contributed by atoms with Crippen LogP contribution in [0.4, 0.5) is 10.7 Å². The number of hydrogen-bond acceptors (Lipinski definition) is 8. The summed E-state index contributed by atoms with van der Waals surface area (Å²) >= 11 is 0. The van der Waals surface area contributed by atoms with Crippen LogP contribution in [0.3, 0.4) is 0 Å². The normalized spacial score (nSPS) is 11.6. The minimum absolute atomic E-state index is 0.341. The molecule has 154 valence electrons. The zero-order valence-electron chi connectivity index (χ0n) is 17.3. The van der Waals surface area contributed by atoms with Gasteiger partial charge in [0.05, 0.1) is 5.70 Å². The molecular weight excluding hydrogens is 370 g/mol. The molecule has 0 spiro atoms. The van der Waals surface area contributed by atoms with Gasteiger partial charge in [0.1, 0.15) is 11.9 Å². The molecule has 2 rings (SSSR count). The van der Waals surface area contributed by atoms with Gasteiger partial charge in [-0.3, -0.25) is 0 Å². The third-order valence-electron chi connectivity index (χ3n) is 3.71. The summed E-state index contributed by atoms with van der Waals surface area (Å²) in [6.07, 6.45) is 3.76. The van der Waals surface area contributed by atoms with Crippen molar-refractivity contribution in [2.45, 2.75) is 39.8 Å². The molecule has 0 aliphatic rings. The van der Waals surface area contributed by atoms with Crippen LogP contribution < -0.4 is 16.0 Å². The number of ether oxygens (including phenoxy) is 1. The number of anilines is 1. The van der Waals surface area contributed by atoms with Crippen molar-refractivity contribution in [1.29, 1.82) is 5.41 Å². The van der Waals surface area contributed by atoms with Gasteiger partial charge in [0.15, 0.2) is 5.82 Å². The standard InChI is InChI=1S/C20H27N7O2/c1-13-8-14(6-7-15(13)10-23-19(28)29-20(2,3)4)17-24-12-25-18(27-17)26-16(9-21)11-22-5/h6-9,11-12,21-22H,10H2,1-5H3,(H,23,28)(H,24,25,26,27)/b16-11+,21-9?. The summed E-state index contributed by atoms with van der Waals surface area (Å²) < 4.78 is 5.25. The number of aromatic nitrogens is 3. The molecule has 2 aromatic rings. The van der Waals surface area contributed by atoms with Gasteiger partial charge in [-0.15, -0.1) is 0 Å². The molecule has 0 saturated carbocycles. The fourth-order valence-corrected chi connectivity index (χ4v) is 2.41. The Labute approximate surface area is 170 Å². The number of hydrogen-bond donors (Lipinski definition) is 4. The second kappa shape index (κ2) is 9.63. The Hall–Kier alpha value is -3.49. The highest BCUT2D eigenvalue weighted by Crippen LogP contribution is 2.20. The maximum absolute atomic E-state index is 11.8. The summed E-state index contributed by atoms with van der Waals surface area (Å²) in [6.45, 7) is 7.79. The van der Waals surface area contributed by atoms with Crippen molar-refractivity contribution in [3.63, 3.8) is 0 Å². The second-order valence-corrected chi connectivity index (χ2v) is 7.29. The average molecular weight is 397 g/mol. The lowest BCUT2D eigenvalue weighted by atomic mass is 10.0. The van der Waals surface area contributed by atoms with Gasteiger partial charge in [-0.25, -0.2) is 14.8 Å². The minimum atomic E-state index is -0.534.